The highest BCUT2D eigenvalue weighted by atomic mass is 19.4. The number of pyridine rings is 1. The van der Waals surface area contributed by atoms with Crippen molar-refractivity contribution in [1.29, 1.82) is 0 Å². The summed E-state index contributed by atoms with van der Waals surface area (Å²) >= 11 is 0. The third kappa shape index (κ3) is 4.46. The Kier molecular flexibility index (Phi) is 5.64. The molecular formula is C20H26F3N3O4. The molecule has 7 nitrogen and oxygen atoms in total. The number of methoxy groups -OCH3 is 1. The summed E-state index contributed by atoms with van der Waals surface area (Å²) in [6.45, 7) is 6.32. The lowest BCUT2D eigenvalue weighted by Gasteiger charge is -2.38. The van der Waals surface area contributed by atoms with Crippen molar-refractivity contribution in [2.24, 2.45) is 5.41 Å². The minimum Gasteiger partial charge on any atom is -0.497 e. The van der Waals surface area contributed by atoms with E-state index in [1.165, 1.54) is 18.1 Å². The van der Waals surface area contributed by atoms with E-state index in [0.717, 1.165) is 6.07 Å². The summed E-state index contributed by atoms with van der Waals surface area (Å²) in [6.07, 6.45) is -3.73. The number of hydrogen-bond acceptors (Lipinski definition) is 5. The van der Waals surface area contributed by atoms with Gasteiger partial charge in [0.1, 0.15) is 17.2 Å². The molecule has 1 aromatic rings. The van der Waals surface area contributed by atoms with Crippen LogP contribution in [0.3, 0.4) is 0 Å². The highest BCUT2D eigenvalue weighted by Gasteiger charge is 2.50. The first-order valence-corrected chi connectivity index (χ1v) is 9.78. The molecule has 0 saturated carbocycles. The van der Waals surface area contributed by atoms with Crippen molar-refractivity contribution < 1.29 is 32.2 Å². The van der Waals surface area contributed by atoms with E-state index in [4.69, 9.17) is 9.47 Å². The Morgan fingerprint density at radius 1 is 1.10 bits per heavy atom. The van der Waals surface area contributed by atoms with Gasteiger partial charge in [0.05, 0.1) is 12.5 Å². The van der Waals surface area contributed by atoms with E-state index in [1.54, 1.807) is 25.7 Å². The van der Waals surface area contributed by atoms with Crippen molar-refractivity contribution in [2.45, 2.75) is 51.8 Å². The lowest BCUT2D eigenvalue weighted by Crippen LogP contribution is -2.48. The number of hydrogen-bond donors (Lipinski definition) is 0. The second-order valence-electron chi connectivity index (χ2n) is 8.70. The number of nitrogens with zero attached hydrogens (tertiary/aromatic N) is 3. The molecule has 0 aromatic carbocycles. The van der Waals surface area contributed by atoms with Crippen LogP contribution in [0.25, 0.3) is 0 Å². The maximum Gasteiger partial charge on any atom is 0.433 e. The second kappa shape index (κ2) is 7.63. The topological polar surface area (TPSA) is 72.0 Å². The first-order chi connectivity index (χ1) is 13.8. The molecule has 3 heterocycles. The third-order valence-corrected chi connectivity index (χ3v) is 5.47. The molecule has 166 valence electrons. The normalized spacial score (nSPS) is 19.4. The molecule has 0 N–H and O–H groups in total. The van der Waals surface area contributed by atoms with Gasteiger partial charge in [0.15, 0.2) is 5.69 Å². The molecule has 1 aromatic heterocycles. The lowest BCUT2D eigenvalue weighted by atomic mass is 9.77. The largest absolute Gasteiger partial charge is 0.497 e. The number of aromatic nitrogens is 1. The Hall–Kier alpha value is -2.52. The first kappa shape index (κ1) is 22.2. The molecule has 10 heteroatoms. The maximum atomic E-state index is 13.2. The zero-order chi connectivity index (χ0) is 22.3. The van der Waals surface area contributed by atoms with Gasteiger partial charge in [-0.3, -0.25) is 9.69 Å². The predicted octanol–water partition coefficient (Wildman–Crippen LogP) is 3.86. The zero-order valence-electron chi connectivity index (χ0n) is 17.5. The summed E-state index contributed by atoms with van der Waals surface area (Å²) in [7, 11) is 1.26. The van der Waals surface area contributed by atoms with Gasteiger partial charge in [-0.1, -0.05) is 0 Å². The van der Waals surface area contributed by atoms with Gasteiger partial charge in [0.2, 0.25) is 5.91 Å². The van der Waals surface area contributed by atoms with Crippen molar-refractivity contribution in [3.8, 4) is 5.75 Å². The van der Waals surface area contributed by atoms with Gasteiger partial charge >= 0.3 is 12.3 Å². The molecule has 1 spiro atoms. The van der Waals surface area contributed by atoms with E-state index in [1.807, 2.05) is 0 Å². The van der Waals surface area contributed by atoms with Crippen molar-refractivity contribution >= 4 is 17.8 Å². The average Bonchev–Trinajstić information content (AvgIpc) is 2.96. The molecular weight excluding hydrogens is 403 g/mol. The molecule has 2 aliphatic heterocycles. The van der Waals surface area contributed by atoms with Gasteiger partial charge in [-0.15, -0.1) is 0 Å². The molecule has 3 rings (SSSR count). The number of halogens is 3. The van der Waals surface area contributed by atoms with E-state index in [0.29, 0.717) is 32.4 Å². The molecule has 0 atom stereocenters. The molecule has 30 heavy (non-hydrogen) atoms. The summed E-state index contributed by atoms with van der Waals surface area (Å²) in [5, 5.41) is 0. The van der Waals surface area contributed by atoms with Crippen molar-refractivity contribution in [1.82, 2.24) is 9.88 Å². The number of anilines is 1. The summed E-state index contributed by atoms with van der Waals surface area (Å²) < 4.78 is 49.9. The van der Waals surface area contributed by atoms with E-state index in [9.17, 15) is 22.8 Å². The smallest absolute Gasteiger partial charge is 0.433 e. The molecule has 0 radical (unpaired) electrons. The molecule has 2 amide bonds. The fraction of sp³-hybridized carbons (Fsp3) is 0.650. The van der Waals surface area contributed by atoms with E-state index in [2.05, 4.69) is 4.98 Å². The summed E-state index contributed by atoms with van der Waals surface area (Å²) in [5.74, 6) is -0.348. The van der Waals surface area contributed by atoms with Crippen LogP contribution in [0.1, 0.15) is 45.7 Å². The molecule has 0 unspecified atom stereocenters. The Labute approximate surface area is 173 Å². The van der Waals surface area contributed by atoms with Crippen LogP contribution in [-0.4, -0.2) is 54.2 Å². The van der Waals surface area contributed by atoms with Crippen LogP contribution in [-0.2, 0) is 15.7 Å². The van der Waals surface area contributed by atoms with Crippen LogP contribution in [0.4, 0.5) is 23.8 Å². The van der Waals surface area contributed by atoms with Crippen LogP contribution >= 0.6 is 0 Å². The van der Waals surface area contributed by atoms with Crippen LogP contribution in [0.2, 0.25) is 0 Å². The SMILES string of the molecule is COc1cc(N2CCC3(CCN(C(=O)OC(C)(C)C)CC3)C2=O)nc(C(F)(F)F)c1. The van der Waals surface area contributed by atoms with Crippen LogP contribution in [0.5, 0.6) is 5.75 Å². The highest BCUT2D eigenvalue weighted by molar-refractivity contribution is 5.99. The Morgan fingerprint density at radius 2 is 1.70 bits per heavy atom. The van der Waals surface area contributed by atoms with Gasteiger partial charge in [0.25, 0.3) is 0 Å². The van der Waals surface area contributed by atoms with Gasteiger partial charge in [-0.2, -0.15) is 13.2 Å². The second-order valence-corrected chi connectivity index (χ2v) is 8.70. The number of ether oxygens (including phenoxy) is 2. The number of carbonyl (C=O) groups excluding carboxylic acids is 2. The average molecular weight is 429 g/mol. The predicted molar refractivity (Wildman–Crippen MR) is 102 cm³/mol. The summed E-state index contributed by atoms with van der Waals surface area (Å²) in [5.41, 5.74) is -2.42. The molecule has 0 bridgehead atoms. The van der Waals surface area contributed by atoms with Gasteiger partial charge in [0, 0.05) is 31.8 Å². The highest BCUT2D eigenvalue weighted by Crippen LogP contribution is 2.44. The molecule has 2 fully saturated rings. The minimum atomic E-state index is -4.65. The first-order valence-electron chi connectivity index (χ1n) is 9.78. The Balaban J connectivity index is 1.75. The van der Waals surface area contributed by atoms with Gasteiger partial charge in [-0.05, 0) is 40.0 Å². The molecule has 0 aliphatic carbocycles. The van der Waals surface area contributed by atoms with Crippen LogP contribution in [0.15, 0.2) is 12.1 Å². The van der Waals surface area contributed by atoms with Crippen molar-refractivity contribution in [3.05, 3.63) is 17.8 Å². The number of rotatable bonds is 2. The number of piperidine rings is 1. The van der Waals surface area contributed by atoms with E-state index in [-0.39, 0.29) is 24.0 Å². The van der Waals surface area contributed by atoms with Crippen LogP contribution in [0, 0.1) is 5.41 Å². The Morgan fingerprint density at radius 3 is 2.23 bits per heavy atom. The van der Waals surface area contributed by atoms with E-state index >= 15 is 0 Å². The van der Waals surface area contributed by atoms with Crippen LogP contribution < -0.4 is 9.64 Å². The Bertz CT molecular complexity index is 828. The lowest BCUT2D eigenvalue weighted by molar-refractivity contribution is -0.141. The number of likely N-dealkylation sites (tertiary alicyclic amines) is 1. The molecule has 2 saturated heterocycles. The summed E-state index contributed by atoms with van der Waals surface area (Å²) in [6, 6.07) is 2.14. The third-order valence-electron chi connectivity index (χ3n) is 5.47. The van der Waals surface area contributed by atoms with Gasteiger partial charge < -0.3 is 14.4 Å². The quantitative estimate of drug-likeness (QED) is 0.714. The summed E-state index contributed by atoms with van der Waals surface area (Å²) in [4.78, 5) is 32.0. The minimum absolute atomic E-state index is 0.0131. The van der Waals surface area contributed by atoms with Crippen molar-refractivity contribution in [3.63, 3.8) is 0 Å². The van der Waals surface area contributed by atoms with Gasteiger partial charge in [-0.25, -0.2) is 9.78 Å². The fourth-order valence-corrected chi connectivity index (χ4v) is 3.84. The number of alkyl halides is 3. The van der Waals surface area contributed by atoms with E-state index < -0.39 is 29.0 Å². The van der Waals surface area contributed by atoms with Crippen molar-refractivity contribution in [2.75, 3.05) is 31.6 Å². The number of carbonyl (C=O) groups is 2. The zero-order valence-corrected chi connectivity index (χ0v) is 17.5. The number of amides is 2. The maximum absolute atomic E-state index is 13.2. The monoisotopic (exact) mass is 429 g/mol. The standard InChI is InChI=1S/C20H26F3N3O4/c1-18(2,3)30-17(28)25-8-5-19(6-9-25)7-10-26(16(19)27)15-12-13(29-4)11-14(24-15)20(21,22)23/h11-12H,5-10H2,1-4H3. The molecule has 2 aliphatic rings. The fourth-order valence-electron chi connectivity index (χ4n) is 3.84.